The second-order valence-electron chi connectivity index (χ2n) is 13.0. The van der Waals surface area contributed by atoms with Crippen LogP contribution in [0, 0.1) is 11.8 Å². The summed E-state index contributed by atoms with van der Waals surface area (Å²) in [7, 11) is 1.86. The largest absolute Gasteiger partial charge is 0.490 e. The third kappa shape index (κ3) is 9.93. The van der Waals surface area contributed by atoms with Crippen LogP contribution in [0.2, 0.25) is 0 Å². The van der Waals surface area contributed by atoms with Crippen molar-refractivity contribution in [2.24, 2.45) is 11.8 Å². The number of nitrogens with one attached hydrogen (secondary N) is 2. The standard InChI is InChI=1S/C36H52N4O6/c1-25-22-40(26(2)24-41)35(43)31-21-30(38-36(44)37-29-16-9-6-10-17-29)18-19-32(31)46-27(3)13-11-12-20-45-33(25)23-39(4)34(42)28-14-7-5-8-15-28/h6,9-10,16-19,21,25-28,33,41H,5,7-8,11-15,20,22-24H2,1-4H3,(H2,37,38,44)/t25-,26+,27+,33-/m0/s1. The van der Waals surface area contributed by atoms with Gasteiger partial charge in [0.25, 0.3) is 5.91 Å². The van der Waals surface area contributed by atoms with Gasteiger partial charge in [-0.05, 0) is 76.3 Å². The van der Waals surface area contributed by atoms with E-state index in [-0.39, 0.29) is 42.5 Å². The lowest BCUT2D eigenvalue weighted by atomic mass is 9.88. The third-order valence-corrected chi connectivity index (χ3v) is 9.13. The number of aliphatic hydroxyl groups excluding tert-OH is 1. The molecule has 1 heterocycles. The second-order valence-corrected chi connectivity index (χ2v) is 13.0. The van der Waals surface area contributed by atoms with E-state index in [1.807, 2.05) is 44.0 Å². The molecule has 0 bridgehead atoms. The van der Waals surface area contributed by atoms with Crippen LogP contribution in [0.4, 0.5) is 16.2 Å². The van der Waals surface area contributed by atoms with Crippen LogP contribution in [0.3, 0.4) is 0 Å². The molecule has 4 amide bonds. The number of hydrogen-bond acceptors (Lipinski definition) is 6. The Kier molecular flexibility index (Phi) is 13.3. The van der Waals surface area contributed by atoms with Gasteiger partial charge in [0.1, 0.15) is 5.75 Å². The number of para-hydroxylation sites is 1. The molecule has 1 aliphatic heterocycles. The zero-order chi connectivity index (χ0) is 33.1. The van der Waals surface area contributed by atoms with Crippen molar-refractivity contribution >= 4 is 29.2 Å². The van der Waals surface area contributed by atoms with Crippen molar-refractivity contribution in [3.05, 3.63) is 54.1 Å². The fourth-order valence-corrected chi connectivity index (χ4v) is 6.30. The highest BCUT2D eigenvalue weighted by atomic mass is 16.5. The number of likely N-dealkylation sites (N-methyl/N-ethyl adjacent to an activating group) is 1. The van der Waals surface area contributed by atoms with Crippen LogP contribution in [0.15, 0.2) is 48.5 Å². The van der Waals surface area contributed by atoms with Gasteiger partial charge in [0.15, 0.2) is 0 Å². The number of carbonyl (C=O) groups excluding carboxylic acids is 3. The average molecular weight is 637 g/mol. The Hall–Kier alpha value is -3.63. The molecule has 10 heteroatoms. The molecule has 2 aromatic rings. The van der Waals surface area contributed by atoms with Crippen molar-refractivity contribution in [2.45, 2.75) is 90.4 Å². The quantitative estimate of drug-likeness (QED) is 0.335. The maximum Gasteiger partial charge on any atom is 0.323 e. The SMILES string of the molecule is C[C@@H]1CCCCO[C@@H](CN(C)C(=O)C2CCCCC2)[C@@H](C)CN([C@H](C)CO)C(=O)c2cc(NC(=O)Nc3ccccc3)ccc2O1. The molecule has 2 aromatic carbocycles. The molecule has 46 heavy (non-hydrogen) atoms. The van der Waals surface area contributed by atoms with Gasteiger partial charge in [-0.3, -0.25) is 9.59 Å². The van der Waals surface area contributed by atoms with E-state index in [2.05, 4.69) is 10.6 Å². The van der Waals surface area contributed by atoms with Gasteiger partial charge in [-0.2, -0.15) is 0 Å². The molecule has 0 saturated heterocycles. The molecule has 0 unspecified atom stereocenters. The summed E-state index contributed by atoms with van der Waals surface area (Å²) < 4.78 is 12.7. The summed E-state index contributed by atoms with van der Waals surface area (Å²) in [6, 6.07) is 13.3. The smallest absolute Gasteiger partial charge is 0.323 e. The van der Waals surface area contributed by atoms with Crippen molar-refractivity contribution in [2.75, 3.05) is 44.0 Å². The maximum absolute atomic E-state index is 14.3. The molecule has 4 rings (SSSR count). The first-order valence-electron chi connectivity index (χ1n) is 16.9. The number of carbonyl (C=O) groups is 3. The van der Waals surface area contributed by atoms with Crippen LogP contribution in [-0.2, 0) is 9.53 Å². The second kappa shape index (κ2) is 17.3. The van der Waals surface area contributed by atoms with Crippen LogP contribution >= 0.6 is 0 Å². The Labute approximate surface area is 273 Å². The maximum atomic E-state index is 14.3. The first kappa shape index (κ1) is 35.2. The summed E-state index contributed by atoms with van der Waals surface area (Å²) in [6.45, 7) is 6.88. The van der Waals surface area contributed by atoms with Crippen molar-refractivity contribution in [1.29, 1.82) is 0 Å². The molecule has 4 atom stereocenters. The summed E-state index contributed by atoms with van der Waals surface area (Å²) in [6.07, 6.45) is 7.30. The average Bonchev–Trinajstić information content (AvgIpc) is 3.06. The minimum atomic E-state index is -0.492. The number of aliphatic hydroxyl groups is 1. The van der Waals surface area contributed by atoms with E-state index in [4.69, 9.17) is 9.47 Å². The first-order valence-corrected chi connectivity index (χ1v) is 16.9. The van der Waals surface area contributed by atoms with E-state index < -0.39 is 12.1 Å². The summed E-state index contributed by atoms with van der Waals surface area (Å²) in [5.41, 5.74) is 1.38. The van der Waals surface area contributed by atoms with Crippen molar-refractivity contribution in [3.63, 3.8) is 0 Å². The molecule has 2 aliphatic rings. The first-order chi connectivity index (χ1) is 22.2. The van der Waals surface area contributed by atoms with Crippen LogP contribution in [0.25, 0.3) is 0 Å². The fraction of sp³-hybridized carbons (Fsp3) is 0.583. The fourth-order valence-electron chi connectivity index (χ4n) is 6.30. The van der Waals surface area contributed by atoms with E-state index in [0.717, 1.165) is 44.9 Å². The van der Waals surface area contributed by atoms with Crippen LogP contribution < -0.4 is 15.4 Å². The van der Waals surface area contributed by atoms with Gasteiger partial charge in [-0.15, -0.1) is 0 Å². The number of urea groups is 1. The number of rotatable bonds is 7. The molecule has 3 N–H and O–H groups in total. The molecule has 0 radical (unpaired) electrons. The molecule has 252 valence electrons. The number of nitrogens with zero attached hydrogens (tertiary/aromatic N) is 2. The normalized spacial score (nSPS) is 22.5. The molecule has 1 aliphatic carbocycles. The number of fused-ring (bicyclic) bond motifs is 1. The molecular formula is C36H52N4O6. The van der Waals surface area contributed by atoms with Crippen LogP contribution in [0.5, 0.6) is 5.75 Å². The summed E-state index contributed by atoms with van der Waals surface area (Å²) in [5.74, 6) is 0.212. The molecule has 1 saturated carbocycles. The number of amides is 4. The highest BCUT2D eigenvalue weighted by Crippen LogP contribution is 2.29. The van der Waals surface area contributed by atoms with Crippen molar-refractivity contribution < 1.29 is 29.0 Å². The van der Waals surface area contributed by atoms with Gasteiger partial charge < -0.3 is 35.0 Å². The lowest BCUT2D eigenvalue weighted by Gasteiger charge is -2.36. The van der Waals surface area contributed by atoms with E-state index in [1.165, 1.54) is 6.42 Å². The van der Waals surface area contributed by atoms with Gasteiger partial charge in [0, 0.05) is 50.0 Å². The van der Waals surface area contributed by atoms with Gasteiger partial charge in [0.2, 0.25) is 5.91 Å². The molecule has 0 aromatic heterocycles. The molecular weight excluding hydrogens is 584 g/mol. The lowest BCUT2D eigenvalue weighted by molar-refractivity contribution is -0.137. The van der Waals surface area contributed by atoms with Gasteiger partial charge in [-0.25, -0.2) is 4.79 Å². The Morgan fingerprint density at radius 2 is 1.67 bits per heavy atom. The van der Waals surface area contributed by atoms with E-state index in [1.54, 1.807) is 42.2 Å². The lowest BCUT2D eigenvalue weighted by Crippen LogP contribution is -2.48. The molecule has 0 spiro atoms. The number of hydrogen-bond donors (Lipinski definition) is 3. The van der Waals surface area contributed by atoms with Gasteiger partial charge in [-0.1, -0.05) is 44.4 Å². The van der Waals surface area contributed by atoms with Crippen LogP contribution in [0.1, 0.15) is 82.5 Å². The Morgan fingerprint density at radius 3 is 2.39 bits per heavy atom. The predicted octanol–water partition coefficient (Wildman–Crippen LogP) is 6.16. The van der Waals surface area contributed by atoms with Crippen LogP contribution in [-0.4, -0.2) is 84.4 Å². The highest BCUT2D eigenvalue weighted by molar-refractivity contribution is 6.02. The third-order valence-electron chi connectivity index (χ3n) is 9.13. The molecule has 1 fully saturated rings. The summed E-state index contributed by atoms with van der Waals surface area (Å²) in [5, 5.41) is 15.8. The minimum Gasteiger partial charge on any atom is -0.490 e. The van der Waals surface area contributed by atoms with E-state index in [0.29, 0.717) is 42.4 Å². The Balaban J connectivity index is 1.58. The zero-order valence-corrected chi connectivity index (χ0v) is 27.9. The number of benzene rings is 2. The van der Waals surface area contributed by atoms with Crippen molar-refractivity contribution in [3.8, 4) is 5.75 Å². The minimum absolute atomic E-state index is 0.0654. The summed E-state index contributed by atoms with van der Waals surface area (Å²) >= 11 is 0. The number of ether oxygens (including phenoxy) is 2. The predicted molar refractivity (Wildman–Crippen MR) is 180 cm³/mol. The van der Waals surface area contributed by atoms with E-state index >= 15 is 0 Å². The van der Waals surface area contributed by atoms with E-state index in [9.17, 15) is 19.5 Å². The summed E-state index contributed by atoms with van der Waals surface area (Å²) in [4.78, 5) is 43.9. The Bertz CT molecular complexity index is 1280. The monoisotopic (exact) mass is 636 g/mol. The topological polar surface area (TPSA) is 120 Å². The van der Waals surface area contributed by atoms with Gasteiger partial charge >= 0.3 is 6.03 Å². The Morgan fingerprint density at radius 1 is 0.978 bits per heavy atom. The highest BCUT2D eigenvalue weighted by Gasteiger charge is 2.32. The molecule has 10 nitrogen and oxygen atoms in total. The van der Waals surface area contributed by atoms with Crippen molar-refractivity contribution in [1.82, 2.24) is 9.80 Å². The zero-order valence-electron chi connectivity index (χ0n) is 27.9. The number of anilines is 2. The van der Waals surface area contributed by atoms with Gasteiger partial charge in [0.05, 0.1) is 30.4 Å².